The van der Waals surface area contributed by atoms with Gasteiger partial charge in [-0.05, 0) is 102 Å². The van der Waals surface area contributed by atoms with Crippen LogP contribution in [0.25, 0.3) is 0 Å². The average Bonchev–Trinajstić information content (AvgIpc) is 3.44. The van der Waals surface area contributed by atoms with Crippen molar-refractivity contribution in [3.05, 3.63) is 35.9 Å². The van der Waals surface area contributed by atoms with Crippen LogP contribution in [-0.2, 0) is 38.0 Å². The molecule has 2 aliphatic heterocycles. The van der Waals surface area contributed by atoms with Gasteiger partial charge in [0.25, 0.3) is 0 Å². The Morgan fingerprint density at radius 3 is 2.17 bits per heavy atom. The van der Waals surface area contributed by atoms with Crippen LogP contribution in [-0.4, -0.2) is 114 Å². The minimum atomic E-state index is -1.60. The van der Waals surface area contributed by atoms with Crippen molar-refractivity contribution in [2.45, 2.75) is 171 Å². The molecule has 2 saturated heterocycles. The van der Waals surface area contributed by atoms with Crippen LogP contribution in [0.3, 0.4) is 0 Å². The monoisotopic (exact) mass is 758 g/mol. The molecule has 4 saturated carbocycles. The van der Waals surface area contributed by atoms with Crippen LogP contribution in [0.2, 0.25) is 0 Å². The topological polar surface area (TPSA) is 159 Å². The largest absolute Gasteiger partial charge is 0.458 e. The molecule has 6 fully saturated rings. The summed E-state index contributed by atoms with van der Waals surface area (Å²) >= 11 is 0. The number of carbonyl (C=O) groups excluding carboxylic acids is 2. The first-order valence-corrected chi connectivity index (χ1v) is 20.2. The molecule has 1 aromatic rings. The fraction of sp³-hybridized carbons (Fsp3) is 0.810. The van der Waals surface area contributed by atoms with Gasteiger partial charge in [0.05, 0.1) is 41.7 Å². The molecule has 12 nitrogen and oxygen atoms in total. The summed E-state index contributed by atoms with van der Waals surface area (Å²) in [6.07, 6.45) is 0.762. The number of Topliss-reactive ketones (excluding diaryl/α,β-unsaturated/α-hetero) is 1. The number of ether oxygens (including phenoxy) is 7. The fourth-order valence-corrected chi connectivity index (χ4v) is 12.1. The molecule has 1 unspecified atom stereocenters. The molecular weight excluding hydrogens is 696 g/mol. The smallest absolute Gasteiger partial charge is 0.338 e. The number of benzene rings is 1. The van der Waals surface area contributed by atoms with E-state index >= 15 is 0 Å². The summed E-state index contributed by atoms with van der Waals surface area (Å²) in [6, 6.07) is 8.82. The average molecular weight is 759 g/mol. The van der Waals surface area contributed by atoms with Crippen molar-refractivity contribution in [2.75, 3.05) is 14.2 Å². The number of esters is 1. The molecule has 0 bridgehead atoms. The maximum atomic E-state index is 13.6. The lowest BCUT2D eigenvalue weighted by atomic mass is 9.40. The zero-order valence-corrected chi connectivity index (χ0v) is 33.0. The lowest BCUT2D eigenvalue weighted by Crippen LogP contribution is -2.76. The molecule has 3 N–H and O–H groups in total. The summed E-state index contributed by atoms with van der Waals surface area (Å²) < 4.78 is 43.2. The van der Waals surface area contributed by atoms with Crippen LogP contribution in [0.1, 0.15) is 109 Å². The predicted octanol–water partition coefficient (Wildman–Crippen LogP) is 4.73. The molecule has 1 aromatic carbocycles. The van der Waals surface area contributed by atoms with Gasteiger partial charge in [0, 0.05) is 38.4 Å². The quantitative estimate of drug-likeness (QED) is 0.235. The van der Waals surface area contributed by atoms with E-state index in [1.807, 2.05) is 19.9 Å². The number of ketones is 1. The molecule has 0 radical (unpaired) electrons. The highest BCUT2D eigenvalue weighted by molar-refractivity contribution is 5.89. The molecule has 2 heterocycles. The highest BCUT2D eigenvalue weighted by Gasteiger charge is 2.78. The second-order valence-corrected chi connectivity index (χ2v) is 17.7. The maximum absolute atomic E-state index is 13.6. The summed E-state index contributed by atoms with van der Waals surface area (Å²) in [5, 5.41) is 36.1. The summed E-state index contributed by atoms with van der Waals surface area (Å²) in [5.74, 6) is -1.25. The van der Waals surface area contributed by atoms with Crippen molar-refractivity contribution in [3.8, 4) is 0 Å². The van der Waals surface area contributed by atoms with Gasteiger partial charge < -0.3 is 48.5 Å². The van der Waals surface area contributed by atoms with Gasteiger partial charge >= 0.3 is 5.97 Å². The van der Waals surface area contributed by atoms with E-state index in [2.05, 4.69) is 6.92 Å². The second kappa shape index (κ2) is 15.1. The van der Waals surface area contributed by atoms with Gasteiger partial charge in [-0.15, -0.1) is 0 Å². The molecule has 54 heavy (non-hydrogen) atoms. The molecular formula is C42H62O12. The van der Waals surface area contributed by atoms with Crippen LogP contribution in [0.5, 0.6) is 0 Å². The number of aliphatic hydroxyl groups is 3. The number of aliphatic hydroxyl groups excluding tert-OH is 1. The lowest BCUT2D eigenvalue weighted by molar-refractivity contribution is -0.329. The van der Waals surface area contributed by atoms with Crippen LogP contribution in [0, 0.1) is 28.6 Å². The number of hydrogen-bond donors (Lipinski definition) is 3. The Balaban J connectivity index is 1.05. The van der Waals surface area contributed by atoms with Crippen LogP contribution < -0.4 is 0 Å². The van der Waals surface area contributed by atoms with Crippen molar-refractivity contribution in [1.82, 2.24) is 0 Å². The van der Waals surface area contributed by atoms with E-state index in [-0.39, 0.29) is 47.8 Å². The molecule has 0 spiro atoms. The Bertz CT molecular complexity index is 1510. The van der Waals surface area contributed by atoms with E-state index in [1.165, 1.54) is 0 Å². The van der Waals surface area contributed by atoms with Crippen molar-refractivity contribution >= 4 is 11.8 Å². The first-order chi connectivity index (χ1) is 25.6. The zero-order valence-electron chi connectivity index (χ0n) is 33.0. The number of carbonyl (C=O) groups is 2. The van der Waals surface area contributed by atoms with Gasteiger partial charge in [-0.3, -0.25) is 4.79 Å². The van der Waals surface area contributed by atoms with E-state index < -0.39 is 71.6 Å². The Morgan fingerprint density at radius 1 is 0.815 bits per heavy atom. The van der Waals surface area contributed by atoms with E-state index in [4.69, 9.17) is 33.2 Å². The Labute approximate surface area is 319 Å². The molecule has 302 valence electrons. The van der Waals surface area contributed by atoms with E-state index in [0.717, 1.165) is 19.3 Å². The Hall–Kier alpha value is -2.00. The van der Waals surface area contributed by atoms with Crippen molar-refractivity contribution in [3.63, 3.8) is 0 Å². The van der Waals surface area contributed by atoms with Crippen LogP contribution in [0.15, 0.2) is 30.3 Å². The van der Waals surface area contributed by atoms with Gasteiger partial charge in [0.1, 0.15) is 29.7 Å². The highest BCUT2D eigenvalue weighted by atomic mass is 16.7. The predicted molar refractivity (Wildman–Crippen MR) is 195 cm³/mol. The third-order valence-electron chi connectivity index (χ3n) is 15.3. The van der Waals surface area contributed by atoms with E-state index in [0.29, 0.717) is 44.1 Å². The first-order valence-electron chi connectivity index (χ1n) is 20.2. The van der Waals surface area contributed by atoms with Gasteiger partial charge in [0.15, 0.2) is 12.6 Å². The highest BCUT2D eigenvalue weighted by Crippen LogP contribution is 2.71. The van der Waals surface area contributed by atoms with Crippen LogP contribution >= 0.6 is 0 Å². The molecule has 0 amide bonds. The number of hydrogen-bond acceptors (Lipinski definition) is 12. The van der Waals surface area contributed by atoms with Crippen LogP contribution in [0.4, 0.5) is 0 Å². The minimum absolute atomic E-state index is 0.0573. The molecule has 12 heteroatoms. The standard InChI is InChI=1S/C42H62O12/c1-23(43)29-15-18-42(47)40(29,5)33(53-38(45)26-11-9-8-10-12-26)22-32-39(4)16-14-28(19-27(39)13-17-41(32,42)46)52-34-21-31(49-7)37(25(3)51-34)54-35-20-30(48-6)36(44)24(2)50-35/h8-12,24-25,27-37,44,46-47H,13-22H2,1-7H3/t24-,25-,27+,28+,29-,30-,31+,32?,33-,34+,35+,36-,37-,39+,40+,41+,42-/m1/s1. The maximum Gasteiger partial charge on any atom is 0.338 e. The number of fused-ring (bicyclic) bond motifs is 5. The Morgan fingerprint density at radius 2 is 1.48 bits per heavy atom. The lowest BCUT2D eigenvalue weighted by Gasteiger charge is -2.68. The van der Waals surface area contributed by atoms with Gasteiger partial charge in [-0.2, -0.15) is 0 Å². The van der Waals surface area contributed by atoms with E-state index in [1.54, 1.807) is 52.3 Å². The number of methoxy groups -OCH3 is 2. The third kappa shape index (κ3) is 6.49. The van der Waals surface area contributed by atoms with Crippen molar-refractivity contribution in [1.29, 1.82) is 0 Å². The molecule has 0 aromatic heterocycles. The third-order valence-corrected chi connectivity index (χ3v) is 15.3. The Kier molecular flexibility index (Phi) is 11.2. The van der Waals surface area contributed by atoms with Gasteiger partial charge in [-0.1, -0.05) is 32.0 Å². The SMILES string of the molecule is CO[C@H]1C[C@H](O[C@H]2CC[C@]3(C)C4C[C@@H](OC(=O)c5ccccc5)[C@]5(C)[C@@H](C(C)=O)CC[C@]5(O)[C@]4(O)CC[C@H]3C2)O[C@H](C)[C@H]1O[C@H]1C[C@@H](OC)[C@H](O)[C@@H](C)O1. The summed E-state index contributed by atoms with van der Waals surface area (Å²) in [5.41, 5.74) is -4.13. The summed E-state index contributed by atoms with van der Waals surface area (Å²) in [7, 11) is 3.24. The summed E-state index contributed by atoms with van der Waals surface area (Å²) in [4.78, 5) is 26.7. The zero-order chi connectivity index (χ0) is 38.8. The summed E-state index contributed by atoms with van der Waals surface area (Å²) in [6.45, 7) is 9.38. The fourth-order valence-electron chi connectivity index (χ4n) is 12.1. The minimum Gasteiger partial charge on any atom is -0.458 e. The van der Waals surface area contributed by atoms with Crippen molar-refractivity contribution < 1.29 is 58.1 Å². The second-order valence-electron chi connectivity index (χ2n) is 17.7. The molecule has 7 rings (SSSR count). The normalized spacial score (nSPS) is 49.0. The van der Waals surface area contributed by atoms with Crippen molar-refractivity contribution in [2.24, 2.45) is 28.6 Å². The van der Waals surface area contributed by atoms with Gasteiger partial charge in [-0.25, -0.2) is 4.79 Å². The van der Waals surface area contributed by atoms with E-state index in [9.17, 15) is 24.9 Å². The molecule has 17 atom stereocenters. The van der Waals surface area contributed by atoms with Gasteiger partial charge in [0.2, 0.25) is 0 Å². The number of rotatable bonds is 9. The molecule has 4 aliphatic carbocycles. The molecule has 6 aliphatic rings. The first kappa shape index (κ1) is 40.2.